The molecule has 0 aromatic carbocycles. The van der Waals surface area contributed by atoms with E-state index in [0.717, 1.165) is 25.0 Å². The standard InChI is InChI=1S/C7H14O2S/c1-10(9)5-4-7(6-8)2-3-7/h8H,2-6H2,1H3. The summed E-state index contributed by atoms with van der Waals surface area (Å²) in [7, 11) is -0.685. The molecule has 0 heterocycles. The Kier molecular flexibility index (Phi) is 2.47. The van der Waals surface area contributed by atoms with E-state index >= 15 is 0 Å². The van der Waals surface area contributed by atoms with Crippen molar-refractivity contribution in [3.8, 4) is 0 Å². The zero-order chi connectivity index (χ0) is 7.61. The molecule has 1 fully saturated rings. The van der Waals surface area contributed by atoms with Gasteiger partial charge in [0.2, 0.25) is 0 Å². The van der Waals surface area contributed by atoms with Gasteiger partial charge in [0, 0.05) is 29.4 Å². The van der Waals surface area contributed by atoms with Crippen molar-refractivity contribution in [3.63, 3.8) is 0 Å². The molecular weight excluding hydrogens is 148 g/mol. The first-order valence-corrected chi connectivity index (χ1v) is 5.32. The zero-order valence-electron chi connectivity index (χ0n) is 6.30. The summed E-state index contributed by atoms with van der Waals surface area (Å²) in [5.74, 6) is 0.751. The van der Waals surface area contributed by atoms with E-state index in [1.807, 2.05) is 0 Å². The molecule has 0 aromatic heterocycles. The third-order valence-corrected chi connectivity index (χ3v) is 2.99. The number of hydrogen-bond donors (Lipinski definition) is 1. The second-order valence-electron chi connectivity index (χ2n) is 3.19. The van der Waals surface area contributed by atoms with Crippen molar-refractivity contribution in [2.75, 3.05) is 18.6 Å². The lowest BCUT2D eigenvalue weighted by Crippen LogP contribution is -2.10. The van der Waals surface area contributed by atoms with Crippen molar-refractivity contribution < 1.29 is 9.32 Å². The molecule has 0 spiro atoms. The topological polar surface area (TPSA) is 37.3 Å². The third kappa shape index (κ3) is 2.06. The maximum Gasteiger partial charge on any atom is 0.0487 e. The fourth-order valence-electron chi connectivity index (χ4n) is 1.02. The molecule has 1 unspecified atom stereocenters. The van der Waals surface area contributed by atoms with E-state index in [2.05, 4.69) is 0 Å². The molecule has 60 valence electrons. The Morgan fingerprint density at radius 3 is 2.50 bits per heavy atom. The molecule has 1 atom stereocenters. The largest absolute Gasteiger partial charge is 0.396 e. The quantitative estimate of drug-likeness (QED) is 0.654. The highest BCUT2D eigenvalue weighted by Crippen LogP contribution is 2.48. The van der Waals surface area contributed by atoms with Crippen LogP contribution in [0.1, 0.15) is 19.3 Å². The predicted molar refractivity (Wildman–Crippen MR) is 42.3 cm³/mol. The first kappa shape index (κ1) is 8.21. The van der Waals surface area contributed by atoms with Gasteiger partial charge in [-0.05, 0) is 24.7 Å². The maximum absolute atomic E-state index is 10.7. The van der Waals surface area contributed by atoms with Gasteiger partial charge in [-0.2, -0.15) is 0 Å². The van der Waals surface area contributed by atoms with Crippen LogP contribution < -0.4 is 0 Å². The van der Waals surface area contributed by atoms with Crippen LogP contribution in [-0.4, -0.2) is 27.9 Å². The van der Waals surface area contributed by atoms with Gasteiger partial charge >= 0.3 is 0 Å². The summed E-state index contributed by atoms with van der Waals surface area (Å²) in [6, 6.07) is 0. The lowest BCUT2D eigenvalue weighted by molar-refractivity contribution is 0.208. The molecule has 0 amide bonds. The van der Waals surface area contributed by atoms with Crippen LogP contribution in [0.4, 0.5) is 0 Å². The number of aliphatic hydroxyl groups excluding tert-OH is 1. The summed E-state index contributed by atoms with van der Waals surface area (Å²) < 4.78 is 10.7. The van der Waals surface area contributed by atoms with Crippen LogP contribution in [0.5, 0.6) is 0 Å². The number of hydrogen-bond acceptors (Lipinski definition) is 2. The monoisotopic (exact) mass is 162 g/mol. The first-order chi connectivity index (χ1) is 4.68. The average molecular weight is 162 g/mol. The highest BCUT2D eigenvalue weighted by Gasteiger charge is 2.41. The Morgan fingerprint density at radius 2 is 2.20 bits per heavy atom. The Bertz CT molecular complexity index is 141. The Hall–Kier alpha value is 0.110. The fraction of sp³-hybridized carbons (Fsp3) is 1.00. The molecule has 1 aliphatic rings. The van der Waals surface area contributed by atoms with Gasteiger partial charge < -0.3 is 5.11 Å². The molecule has 0 aliphatic heterocycles. The molecule has 0 bridgehead atoms. The smallest absolute Gasteiger partial charge is 0.0487 e. The average Bonchev–Trinajstić information content (AvgIpc) is 2.64. The minimum absolute atomic E-state index is 0.186. The first-order valence-electron chi connectivity index (χ1n) is 3.59. The molecule has 2 nitrogen and oxygen atoms in total. The van der Waals surface area contributed by atoms with Gasteiger partial charge in [0.05, 0.1) is 0 Å². The Morgan fingerprint density at radius 1 is 1.60 bits per heavy atom. The zero-order valence-corrected chi connectivity index (χ0v) is 7.12. The summed E-state index contributed by atoms with van der Waals surface area (Å²) in [5.41, 5.74) is 0.186. The Balaban J connectivity index is 2.19. The van der Waals surface area contributed by atoms with Crippen LogP contribution in [0.25, 0.3) is 0 Å². The highest BCUT2D eigenvalue weighted by atomic mass is 32.2. The molecule has 1 aliphatic carbocycles. The van der Waals surface area contributed by atoms with E-state index in [9.17, 15) is 4.21 Å². The van der Waals surface area contributed by atoms with Crippen LogP contribution in [0.3, 0.4) is 0 Å². The van der Waals surface area contributed by atoms with Gasteiger partial charge in [-0.3, -0.25) is 4.21 Å². The molecule has 0 aromatic rings. The van der Waals surface area contributed by atoms with Gasteiger partial charge in [-0.1, -0.05) is 0 Å². The van der Waals surface area contributed by atoms with Crippen LogP contribution in [-0.2, 0) is 10.8 Å². The minimum Gasteiger partial charge on any atom is -0.396 e. The number of aliphatic hydroxyl groups is 1. The van der Waals surface area contributed by atoms with Crippen molar-refractivity contribution in [2.24, 2.45) is 5.41 Å². The Labute approximate surface area is 64.1 Å². The minimum atomic E-state index is -0.685. The van der Waals surface area contributed by atoms with Gasteiger partial charge in [0.15, 0.2) is 0 Å². The van der Waals surface area contributed by atoms with Gasteiger partial charge in [-0.25, -0.2) is 0 Å². The number of rotatable bonds is 4. The van der Waals surface area contributed by atoms with E-state index in [-0.39, 0.29) is 12.0 Å². The van der Waals surface area contributed by atoms with Crippen LogP contribution in [0.2, 0.25) is 0 Å². The van der Waals surface area contributed by atoms with Gasteiger partial charge in [0.1, 0.15) is 0 Å². The maximum atomic E-state index is 10.7. The van der Waals surface area contributed by atoms with Crippen molar-refractivity contribution in [1.29, 1.82) is 0 Å². The summed E-state index contributed by atoms with van der Waals surface area (Å²) in [5, 5.41) is 8.87. The lowest BCUT2D eigenvalue weighted by Gasteiger charge is -2.08. The van der Waals surface area contributed by atoms with Crippen LogP contribution >= 0.6 is 0 Å². The van der Waals surface area contributed by atoms with Crippen molar-refractivity contribution in [2.45, 2.75) is 19.3 Å². The second-order valence-corrected chi connectivity index (χ2v) is 4.74. The lowest BCUT2D eigenvalue weighted by atomic mass is 10.1. The van der Waals surface area contributed by atoms with E-state index < -0.39 is 10.8 Å². The summed E-state index contributed by atoms with van der Waals surface area (Å²) >= 11 is 0. The molecule has 10 heavy (non-hydrogen) atoms. The fourth-order valence-corrected chi connectivity index (χ4v) is 1.74. The van der Waals surface area contributed by atoms with Crippen molar-refractivity contribution in [1.82, 2.24) is 0 Å². The summed E-state index contributed by atoms with van der Waals surface area (Å²) in [4.78, 5) is 0. The van der Waals surface area contributed by atoms with E-state index in [1.54, 1.807) is 6.26 Å². The molecule has 1 N–H and O–H groups in total. The van der Waals surface area contributed by atoms with Gasteiger partial charge in [0.25, 0.3) is 0 Å². The molecule has 3 heteroatoms. The molecule has 1 rings (SSSR count). The summed E-state index contributed by atoms with van der Waals surface area (Å²) in [6.45, 7) is 0.282. The molecule has 1 saturated carbocycles. The normalized spacial score (nSPS) is 24.2. The highest BCUT2D eigenvalue weighted by molar-refractivity contribution is 7.84. The van der Waals surface area contributed by atoms with Gasteiger partial charge in [-0.15, -0.1) is 0 Å². The SMILES string of the molecule is CS(=O)CCC1(CO)CC1. The van der Waals surface area contributed by atoms with E-state index in [0.29, 0.717) is 0 Å². The predicted octanol–water partition coefficient (Wildman–Crippen LogP) is 0.527. The third-order valence-electron chi connectivity index (χ3n) is 2.21. The van der Waals surface area contributed by atoms with E-state index in [4.69, 9.17) is 5.11 Å². The summed E-state index contributed by atoms with van der Waals surface area (Å²) in [6.07, 6.45) is 4.90. The van der Waals surface area contributed by atoms with Crippen molar-refractivity contribution in [3.05, 3.63) is 0 Å². The molecular formula is C7H14O2S. The molecule has 0 radical (unpaired) electrons. The van der Waals surface area contributed by atoms with Crippen molar-refractivity contribution >= 4 is 10.8 Å². The van der Waals surface area contributed by atoms with Crippen LogP contribution in [0, 0.1) is 5.41 Å². The van der Waals surface area contributed by atoms with E-state index in [1.165, 1.54) is 0 Å². The molecule has 0 saturated heterocycles. The second kappa shape index (κ2) is 3.01. The van der Waals surface area contributed by atoms with Crippen LogP contribution in [0.15, 0.2) is 0 Å².